The van der Waals surface area contributed by atoms with Gasteiger partial charge in [-0.3, -0.25) is 9.69 Å². The first kappa shape index (κ1) is 20.6. The number of Topliss-reactive ketones (excluding diaryl/α,β-unsaturated/α-hetero) is 1. The van der Waals surface area contributed by atoms with Crippen LogP contribution in [-0.2, 0) is 5.72 Å². The van der Waals surface area contributed by atoms with E-state index in [0.29, 0.717) is 28.0 Å². The molecule has 6 heteroatoms. The largest absolute Gasteiger partial charge is 0.504 e. The number of hydrogen-bond acceptors (Lipinski definition) is 6. The molecule has 0 fully saturated rings. The summed E-state index contributed by atoms with van der Waals surface area (Å²) in [7, 11) is 0. The van der Waals surface area contributed by atoms with Crippen molar-refractivity contribution in [3.63, 3.8) is 0 Å². The minimum absolute atomic E-state index is 0.0781. The van der Waals surface area contributed by atoms with E-state index in [1.807, 2.05) is 97.6 Å². The first-order chi connectivity index (χ1) is 17.5. The number of fused-ring (bicyclic) bond motifs is 4. The molecule has 1 unspecified atom stereocenters. The first-order valence-electron chi connectivity index (χ1n) is 11.8. The minimum Gasteiger partial charge on any atom is -0.504 e. The maximum Gasteiger partial charge on any atom is 0.314 e. The van der Waals surface area contributed by atoms with Gasteiger partial charge in [-0.2, -0.15) is 0 Å². The Kier molecular flexibility index (Phi) is 4.10. The lowest BCUT2D eigenvalue weighted by molar-refractivity contribution is 0.0482. The quantitative estimate of drug-likeness (QED) is 0.291. The van der Waals surface area contributed by atoms with E-state index in [2.05, 4.69) is 5.32 Å². The molecule has 1 aromatic heterocycles. The molecule has 0 aliphatic carbocycles. The highest BCUT2D eigenvalue weighted by Gasteiger charge is 2.61. The third kappa shape index (κ3) is 2.58. The van der Waals surface area contributed by atoms with Crippen molar-refractivity contribution in [1.82, 2.24) is 0 Å². The number of anilines is 4. The van der Waals surface area contributed by atoms with Gasteiger partial charge in [0.15, 0.2) is 5.75 Å². The van der Waals surface area contributed by atoms with Crippen molar-refractivity contribution in [2.75, 3.05) is 10.2 Å². The van der Waals surface area contributed by atoms with Crippen LogP contribution in [-0.4, -0.2) is 10.9 Å². The van der Waals surface area contributed by atoms with E-state index >= 15 is 0 Å². The Labute approximate surface area is 207 Å². The lowest BCUT2D eigenvalue weighted by atomic mass is 9.93. The summed E-state index contributed by atoms with van der Waals surface area (Å²) in [5, 5.41) is 15.2. The van der Waals surface area contributed by atoms with Gasteiger partial charge < -0.3 is 19.6 Å². The number of nitrogens with zero attached hydrogens (tertiary/aromatic N) is 1. The van der Waals surface area contributed by atoms with Crippen molar-refractivity contribution in [2.24, 2.45) is 0 Å². The maximum absolute atomic E-state index is 14.6. The van der Waals surface area contributed by atoms with Crippen molar-refractivity contribution >= 4 is 39.5 Å². The standard InChI is InChI=1S/C30H22N2O4/c1-17-8-3-5-10-21(17)31-22-11-7-13-24-26(22)28(34)30(36-24)29-27(33)20-15-14-19(16-25(20)35-29)32(30)23-12-6-4-9-18(23)2/h3-16,31,33H,1-2H3. The molecule has 3 heterocycles. The number of carbonyl (C=O) groups excluding carboxylic acids is 1. The van der Waals surface area contributed by atoms with E-state index in [4.69, 9.17) is 9.15 Å². The number of rotatable bonds is 3. The summed E-state index contributed by atoms with van der Waals surface area (Å²) in [5.74, 6) is 0.0864. The molecule has 2 aliphatic rings. The van der Waals surface area contributed by atoms with Crippen LogP contribution < -0.4 is 15.0 Å². The Bertz CT molecular complexity index is 1720. The summed E-state index contributed by atoms with van der Waals surface area (Å²) in [4.78, 5) is 16.5. The normalized spacial score (nSPS) is 17.6. The monoisotopic (exact) mass is 474 g/mol. The average molecular weight is 475 g/mol. The zero-order valence-electron chi connectivity index (χ0n) is 19.7. The molecule has 0 saturated carbocycles. The van der Waals surface area contributed by atoms with Gasteiger partial charge in [-0.1, -0.05) is 42.5 Å². The van der Waals surface area contributed by atoms with Gasteiger partial charge in [-0.25, -0.2) is 0 Å². The Balaban J connectivity index is 1.48. The predicted octanol–water partition coefficient (Wildman–Crippen LogP) is 7.08. The van der Waals surface area contributed by atoms with Gasteiger partial charge in [-0.05, 0) is 61.4 Å². The highest BCUT2D eigenvalue weighted by molar-refractivity contribution is 6.15. The van der Waals surface area contributed by atoms with E-state index < -0.39 is 5.72 Å². The number of aryl methyl sites for hydroxylation is 2. The Morgan fingerprint density at radius 2 is 1.61 bits per heavy atom. The summed E-state index contributed by atoms with van der Waals surface area (Å²) in [6, 6.07) is 26.7. The number of carbonyl (C=O) groups is 1. The number of furan rings is 1. The molecule has 1 atom stereocenters. The van der Waals surface area contributed by atoms with Crippen LogP contribution in [0.3, 0.4) is 0 Å². The molecule has 0 amide bonds. The third-order valence-electron chi connectivity index (χ3n) is 7.12. The van der Waals surface area contributed by atoms with Gasteiger partial charge in [0.25, 0.3) is 0 Å². The smallest absolute Gasteiger partial charge is 0.314 e. The van der Waals surface area contributed by atoms with Crippen LogP contribution in [0.1, 0.15) is 27.2 Å². The van der Waals surface area contributed by atoms with Crippen LogP contribution in [0.25, 0.3) is 11.0 Å². The van der Waals surface area contributed by atoms with Gasteiger partial charge >= 0.3 is 5.72 Å². The molecule has 176 valence electrons. The van der Waals surface area contributed by atoms with Crippen molar-refractivity contribution in [3.05, 3.63) is 107 Å². The number of hydrogen-bond donors (Lipinski definition) is 2. The molecule has 0 radical (unpaired) electrons. The van der Waals surface area contributed by atoms with E-state index in [1.54, 1.807) is 6.07 Å². The van der Waals surface area contributed by atoms with Crippen molar-refractivity contribution in [2.45, 2.75) is 19.6 Å². The van der Waals surface area contributed by atoms with Crippen molar-refractivity contribution in [1.29, 1.82) is 0 Å². The fraction of sp³-hybridized carbons (Fsp3) is 0.100. The second-order valence-corrected chi connectivity index (χ2v) is 9.28. The average Bonchev–Trinajstić information content (AvgIpc) is 3.33. The summed E-state index contributed by atoms with van der Waals surface area (Å²) in [6.45, 7) is 3.99. The predicted molar refractivity (Wildman–Crippen MR) is 139 cm³/mol. The number of para-hydroxylation sites is 2. The molecule has 2 aliphatic heterocycles. The SMILES string of the molecule is Cc1ccccc1Nc1cccc2c1C(=O)C1(O2)c2oc3cc(ccc3c2O)N1c1ccccc1C. The Morgan fingerprint density at radius 3 is 2.42 bits per heavy atom. The molecule has 36 heavy (non-hydrogen) atoms. The molecule has 7 rings (SSSR count). The molecule has 2 N–H and O–H groups in total. The second-order valence-electron chi connectivity index (χ2n) is 9.28. The van der Waals surface area contributed by atoms with E-state index in [0.717, 1.165) is 28.2 Å². The van der Waals surface area contributed by atoms with Crippen LogP contribution in [0.2, 0.25) is 0 Å². The lowest BCUT2D eigenvalue weighted by Gasteiger charge is -2.39. The van der Waals surface area contributed by atoms with E-state index in [1.165, 1.54) is 0 Å². The summed E-state index contributed by atoms with van der Waals surface area (Å²) < 4.78 is 12.8. The molecule has 5 aromatic rings. The zero-order valence-corrected chi connectivity index (χ0v) is 19.7. The fourth-order valence-electron chi connectivity index (χ4n) is 5.33. The summed E-state index contributed by atoms with van der Waals surface area (Å²) in [6.07, 6.45) is 0. The maximum atomic E-state index is 14.6. The minimum atomic E-state index is -1.75. The van der Waals surface area contributed by atoms with E-state index in [9.17, 15) is 9.90 Å². The van der Waals surface area contributed by atoms with Gasteiger partial charge in [0.05, 0.1) is 16.6 Å². The number of aromatic hydroxyl groups is 1. The van der Waals surface area contributed by atoms with Crippen LogP contribution in [0.15, 0.2) is 89.3 Å². The van der Waals surface area contributed by atoms with Crippen LogP contribution in [0, 0.1) is 13.8 Å². The number of ether oxygens (including phenoxy) is 1. The van der Waals surface area contributed by atoms with Crippen molar-refractivity contribution in [3.8, 4) is 11.5 Å². The molecule has 6 nitrogen and oxygen atoms in total. The van der Waals surface area contributed by atoms with Crippen LogP contribution >= 0.6 is 0 Å². The molecular weight excluding hydrogens is 452 g/mol. The van der Waals surface area contributed by atoms with Gasteiger partial charge in [-0.15, -0.1) is 0 Å². The molecule has 0 saturated heterocycles. The highest BCUT2D eigenvalue weighted by atomic mass is 16.5. The van der Waals surface area contributed by atoms with Gasteiger partial charge in [0, 0.05) is 23.1 Å². The fourth-order valence-corrected chi connectivity index (χ4v) is 5.33. The molecule has 1 spiro atoms. The molecule has 4 aromatic carbocycles. The Morgan fingerprint density at radius 1 is 0.861 bits per heavy atom. The summed E-state index contributed by atoms with van der Waals surface area (Å²) in [5.41, 5.74) is 4.20. The highest BCUT2D eigenvalue weighted by Crippen LogP contribution is 2.56. The zero-order chi connectivity index (χ0) is 24.6. The van der Waals surface area contributed by atoms with Crippen LogP contribution in [0.4, 0.5) is 22.7 Å². The molecule has 3 bridgehead atoms. The topological polar surface area (TPSA) is 74.9 Å². The lowest BCUT2D eigenvalue weighted by Crippen LogP contribution is -2.51. The van der Waals surface area contributed by atoms with Crippen LogP contribution in [0.5, 0.6) is 11.5 Å². The number of nitrogens with one attached hydrogen (secondary N) is 1. The number of benzene rings is 4. The van der Waals surface area contributed by atoms with Crippen molar-refractivity contribution < 1.29 is 19.1 Å². The first-order valence-corrected chi connectivity index (χ1v) is 11.8. The molecular formula is C30H22N2O4. The summed E-state index contributed by atoms with van der Waals surface area (Å²) >= 11 is 0. The second kappa shape index (κ2) is 7.15. The van der Waals surface area contributed by atoms with E-state index in [-0.39, 0.29) is 17.3 Å². The van der Waals surface area contributed by atoms with Gasteiger partial charge in [0.2, 0.25) is 11.5 Å². The Hall–Kier alpha value is -4.71. The van der Waals surface area contributed by atoms with Gasteiger partial charge in [0.1, 0.15) is 11.3 Å². The third-order valence-corrected chi connectivity index (χ3v) is 7.12. The number of ketones is 1.